The van der Waals surface area contributed by atoms with Crippen LogP contribution >= 0.6 is 0 Å². The fourth-order valence-corrected chi connectivity index (χ4v) is 2.74. The van der Waals surface area contributed by atoms with E-state index in [1.807, 2.05) is 0 Å². The van der Waals surface area contributed by atoms with Gasteiger partial charge in [0, 0.05) is 10.9 Å². The molecule has 3 rings (SSSR count). The Morgan fingerprint density at radius 2 is 1.48 bits per heavy atom. The van der Waals surface area contributed by atoms with Gasteiger partial charge in [-0.3, -0.25) is 25.2 Å². The molecule has 10 nitrogen and oxygen atoms in total. The molecular weight excluding hydrogens is 380 g/mol. The number of nitrogens with zero attached hydrogens (tertiary/aromatic N) is 1. The molecule has 3 aromatic rings. The Balaban J connectivity index is 1.82. The number of ether oxygens (including phenoxy) is 3. The van der Waals surface area contributed by atoms with Gasteiger partial charge in [-0.2, -0.15) is 5.10 Å². The molecule has 2 amide bonds. The zero-order valence-electron chi connectivity index (χ0n) is 15.9. The first kappa shape index (κ1) is 19.7. The van der Waals surface area contributed by atoms with Gasteiger partial charge in [-0.25, -0.2) is 5.10 Å². The third kappa shape index (κ3) is 3.81. The second-order valence-corrected chi connectivity index (χ2v) is 5.77. The molecule has 0 saturated carbocycles. The SMILES string of the molecule is COc1cc(C(=O)NNC(=O)c2n[nH]c(=O)c3ccccc23)cc(OC)c1OC. The van der Waals surface area contributed by atoms with Crippen LogP contribution in [-0.4, -0.2) is 43.3 Å². The van der Waals surface area contributed by atoms with Gasteiger partial charge in [-0.1, -0.05) is 18.2 Å². The summed E-state index contributed by atoms with van der Waals surface area (Å²) in [5, 5.41) is 6.70. The van der Waals surface area contributed by atoms with Gasteiger partial charge in [-0.05, 0) is 18.2 Å². The van der Waals surface area contributed by atoms with E-state index in [2.05, 4.69) is 21.0 Å². The minimum absolute atomic E-state index is 0.0367. The number of benzene rings is 2. The molecule has 0 aliphatic heterocycles. The van der Waals surface area contributed by atoms with Crippen LogP contribution in [-0.2, 0) is 0 Å². The maximum absolute atomic E-state index is 12.5. The van der Waals surface area contributed by atoms with Gasteiger partial charge in [0.15, 0.2) is 17.2 Å². The lowest BCUT2D eigenvalue weighted by Gasteiger charge is -2.14. The van der Waals surface area contributed by atoms with Crippen LogP contribution in [0.15, 0.2) is 41.2 Å². The van der Waals surface area contributed by atoms with Gasteiger partial charge < -0.3 is 14.2 Å². The zero-order chi connectivity index (χ0) is 21.0. The molecule has 0 aliphatic carbocycles. The average Bonchev–Trinajstić information content (AvgIpc) is 2.76. The lowest BCUT2D eigenvalue weighted by molar-refractivity contribution is 0.0844. The van der Waals surface area contributed by atoms with Gasteiger partial charge in [-0.15, -0.1) is 0 Å². The van der Waals surface area contributed by atoms with Crippen molar-refractivity contribution < 1.29 is 23.8 Å². The predicted molar refractivity (Wildman–Crippen MR) is 103 cm³/mol. The number of fused-ring (bicyclic) bond motifs is 1. The number of amides is 2. The van der Waals surface area contributed by atoms with E-state index in [9.17, 15) is 14.4 Å². The van der Waals surface area contributed by atoms with E-state index < -0.39 is 17.4 Å². The maximum Gasteiger partial charge on any atom is 0.290 e. The van der Waals surface area contributed by atoms with E-state index in [1.54, 1.807) is 24.3 Å². The Hall–Kier alpha value is -4.08. The molecule has 150 valence electrons. The summed E-state index contributed by atoms with van der Waals surface area (Å²) in [4.78, 5) is 36.8. The molecule has 2 aromatic carbocycles. The van der Waals surface area contributed by atoms with E-state index in [-0.39, 0.29) is 22.8 Å². The fourth-order valence-electron chi connectivity index (χ4n) is 2.74. The van der Waals surface area contributed by atoms with Gasteiger partial charge in [0.2, 0.25) is 5.75 Å². The summed E-state index contributed by atoms with van der Waals surface area (Å²) < 4.78 is 15.6. The number of H-pyrrole nitrogens is 1. The normalized spacial score (nSPS) is 10.3. The van der Waals surface area contributed by atoms with Crippen LogP contribution in [0.4, 0.5) is 0 Å². The highest BCUT2D eigenvalue weighted by Crippen LogP contribution is 2.38. The number of nitrogens with one attached hydrogen (secondary N) is 3. The monoisotopic (exact) mass is 398 g/mol. The number of methoxy groups -OCH3 is 3. The molecule has 29 heavy (non-hydrogen) atoms. The minimum Gasteiger partial charge on any atom is -0.493 e. The maximum atomic E-state index is 12.5. The lowest BCUT2D eigenvalue weighted by atomic mass is 10.1. The summed E-state index contributed by atoms with van der Waals surface area (Å²) in [6.07, 6.45) is 0. The molecule has 0 atom stereocenters. The fraction of sp³-hybridized carbons (Fsp3) is 0.158. The number of hydrogen-bond donors (Lipinski definition) is 3. The summed E-state index contributed by atoms with van der Waals surface area (Å²) in [5.41, 5.74) is 4.28. The van der Waals surface area contributed by atoms with Crippen molar-refractivity contribution in [3.05, 3.63) is 58.0 Å². The van der Waals surface area contributed by atoms with Crippen LogP contribution in [0.5, 0.6) is 17.2 Å². The van der Waals surface area contributed by atoms with Crippen molar-refractivity contribution in [2.24, 2.45) is 0 Å². The quantitative estimate of drug-likeness (QED) is 0.547. The topological polar surface area (TPSA) is 132 Å². The van der Waals surface area contributed by atoms with Crippen LogP contribution < -0.4 is 30.6 Å². The van der Waals surface area contributed by atoms with Crippen molar-refractivity contribution >= 4 is 22.6 Å². The molecule has 0 saturated heterocycles. The number of aromatic nitrogens is 2. The van der Waals surface area contributed by atoms with Crippen molar-refractivity contribution in [2.75, 3.05) is 21.3 Å². The summed E-state index contributed by atoms with van der Waals surface area (Å²) in [6, 6.07) is 9.39. The molecule has 0 spiro atoms. The molecule has 0 radical (unpaired) electrons. The number of aromatic amines is 1. The van der Waals surface area contributed by atoms with Crippen LogP contribution in [0, 0.1) is 0 Å². The van der Waals surface area contributed by atoms with Crippen LogP contribution in [0.25, 0.3) is 10.8 Å². The molecule has 0 unspecified atom stereocenters. The molecule has 0 bridgehead atoms. The number of rotatable bonds is 5. The van der Waals surface area contributed by atoms with E-state index in [4.69, 9.17) is 14.2 Å². The molecule has 1 heterocycles. The predicted octanol–water partition coefficient (Wildman–Crippen LogP) is 1.02. The van der Waals surface area contributed by atoms with Crippen LogP contribution in [0.3, 0.4) is 0 Å². The Kier molecular flexibility index (Phi) is 5.63. The van der Waals surface area contributed by atoms with Crippen molar-refractivity contribution in [3.63, 3.8) is 0 Å². The number of carbonyl (C=O) groups excluding carboxylic acids is 2. The van der Waals surface area contributed by atoms with Crippen molar-refractivity contribution in [2.45, 2.75) is 0 Å². The summed E-state index contributed by atoms with van der Waals surface area (Å²) >= 11 is 0. The standard InChI is InChI=1S/C19H18N4O6/c1-27-13-8-10(9-14(28-2)16(13)29-3)17(24)21-23-19(26)15-11-6-4-5-7-12(11)18(25)22-20-15/h4-9H,1-3H3,(H,21,24)(H,22,25)(H,23,26). The molecule has 0 aliphatic rings. The van der Waals surface area contributed by atoms with E-state index in [1.165, 1.54) is 33.5 Å². The smallest absolute Gasteiger partial charge is 0.290 e. The van der Waals surface area contributed by atoms with Gasteiger partial charge in [0.05, 0.1) is 26.7 Å². The second kappa shape index (κ2) is 8.30. The van der Waals surface area contributed by atoms with E-state index >= 15 is 0 Å². The summed E-state index contributed by atoms with van der Waals surface area (Å²) in [5.74, 6) is -0.405. The Morgan fingerprint density at radius 3 is 2.07 bits per heavy atom. The van der Waals surface area contributed by atoms with Gasteiger partial charge >= 0.3 is 0 Å². The third-order valence-electron chi connectivity index (χ3n) is 4.13. The van der Waals surface area contributed by atoms with Gasteiger partial charge in [0.1, 0.15) is 0 Å². The first-order chi connectivity index (χ1) is 14.0. The molecule has 3 N–H and O–H groups in total. The highest BCUT2D eigenvalue weighted by molar-refractivity contribution is 6.06. The van der Waals surface area contributed by atoms with Crippen molar-refractivity contribution in [3.8, 4) is 17.2 Å². The molecule has 1 aromatic heterocycles. The van der Waals surface area contributed by atoms with E-state index in [0.717, 1.165) is 0 Å². The average molecular weight is 398 g/mol. The number of hydrazine groups is 1. The van der Waals surface area contributed by atoms with Crippen molar-refractivity contribution in [1.82, 2.24) is 21.0 Å². The summed E-state index contributed by atoms with van der Waals surface area (Å²) in [7, 11) is 4.29. The second-order valence-electron chi connectivity index (χ2n) is 5.77. The molecule has 10 heteroatoms. The first-order valence-electron chi connectivity index (χ1n) is 8.38. The molecular formula is C19H18N4O6. The zero-order valence-corrected chi connectivity index (χ0v) is 15.9. The Labute approximate surface area is 164 Å². The number of hydrogen-bond acceptors (Lipinski definition) is 7. The third-order valence-corrected chi connectivity index (χ3v) is 4.13. The highest BCUT2D eigenvalue weighted by atomic mass is 16.5. The minimum atomic E-state index is -0.696. The highest BCUT2D eigenvalue weighted by Gasteiger charge is 2.19. The van der Waals surface area contributed by atoms with Gasteiger partial charge in [0.25, 0.3) is 17.4 Å². The lowest BCUT2D eigenvalue weighted by Crippen LogP contribution is -2.42. The first-order valence-corrected chi connectivity index (χ1v) is 8.38. The van der Waals surface area contributed by atoms with E-state index in [0.29, 0.717) is 16.5 Å². The molecule has 0 fully saturated rings. The van der Waals surface area contributed by atoms with Crippen LogP contribution in [0.1, 0.15) is 20.8 Å². The summed E-state index contributed by atoms with van der Waals surface area (Å²) in [6.45, 7) is 0. The Bertz CT molecular complexity index is 1120. The number of carbonyl (C=O) groups is 2. The van der Waals surface area contributed by atoms with Crippen LogP contribution in [0.2, 0.25) is 0 Å². The van der Waals surface area contributed by atoms with Crippen molar-refractivity contribution in [1.29, 1.82) is 0 Å². The largest absolute Gasteiger partial charge is 0.493 e. The Morgan fingerprint density at radius 1 is 0.897 bits per heavy atom.